The van der Waals surface area contributed by atoms with Gasteiger partial charge in [-0.3, -0.25) is 14.7 Å². The average Bonchev–Trinajstić information content (AvgIpc) is 3.23. The Bertz CT molecular complexity index is 1470. The van der Waals surface area contributed by atoms with Crippen molar-refractivity contribution in [1.29, 1.82) is 0 Å². The van der Waals surface area contributed by atoms with Crippen LogP contribution in [0.25, 0.3) is 0 Å². The molecule has 2 aromatic rings. The third kappa shape index (κ3) is 6.14. The van der Waals surface area contributed by atoms with E-state index >= 15 is 0 Å². The van der Waals surface area contributed by atoms with Gasteiger partial charge >= 0.3 is 28.5 Å². The number of rotatable bonds is 8. The van der Waals surface area contributed by atoms with Crippen molar-refractivity contribution in [2.75, 3.05) is 6.61 Å². The van der Waals surface area contributed by atoms with E-state index in [4.69, 9.17) is 22.4 Å². The van der Waals surface area contributed by atoms with Gasteiger partial charge in [-0.15, -0.1) is 5.92 Å². The monoisotopic (exact) mass is 645 g/mol. The van der Waals surface area contributed by atoms with Gasteiger partial charge in [0, 0.05) is 12.3 Å². The van der Waals surface area contributed by atoms with Gasteiger partial charge in [0.15, 0.2) is 6.23 Å². The standard InChI is InChI=1S/C30H43N3O9Si2/c1-10-13-22-16-32(30(35)31-28(22)39-24-15-12-11-14-23(24)33(36)37)29-26(34)27-25(40-29)17-38-43(18(2)3,19(4)5)42-44(41-27,20(6)7)21(8)9/h11-12,14-16,18-21,25-27,29,34H,17H2,1-9H3. The van der Waals surface area contributed by atoms with Crippen molar-refractivity contribution in [3.8, 4) is 23.5 Å². The molecule has 12 nitrogen and oxygen atoms in total. The Kier molecular flexibility index (Phi) is 10.2. The van der Waals surface area contributed by atoms with Gasteiger partial charge in [0.25, 0.3) is 0 Å². The van der Waals surface area contributed by atoms with Crippen molar-refractivity contribution < 1.29 is 32.5 Å². The summed E-state index contributed by atoms with van der Waals surface area (Å²) in [6, 6.07) is 5.78. The minimum Gasteiger partial charge on any atom is -0.430 e. The second kappa shape index (κ2) is 13.2. The van der Waals surface area contributed by atoms with Gasteiger partial charge in [-0.2, -0.15) is 4.98 Å². The number of hydrogen-bond donors (Lipinski definition) is 1. The van der Waals surface area contributed by atoms with Crippen molar-refractivity contribution >= 4 is 22.8 Å². The fourth-order valence-corrected chi connectivity index (χ4v) is 17.3. The highest BCUT2D eigenvalue weighted by molar-refractivity contribution is 6.84. The first-order valence-corrected chi connectivity index (χ1v) is 18.9. The summed E-state index contributed by atoms with van der Waals surface area (Å²) in [4.78, 5) is 28.4. The largest absolute Gasteiger partial charge is 0.430 e. The molecule has 0 spiro atoms. The number of aliphatic hydroxyl groups is 1. The molecule has 0 radical (unpaired) electrons. The summed E-state index contributed by atoms with van der Waals surface area (Å²) in [5.74, 6) is 5.31. The maximum Gasteiger partial charge on any atom is 0.353 e. The number of para-hydroxylation sites is 2. The summed E-state index contributed by atoms with van der Waals surface area (Å²) in [5, 5.41) is 23.2. The quantitative estimate of drug-likeness (QED) is 0.168. The van der Waals surface area contributed by atoms with E-state index in [1.54, 1.807) is 13.0 Å². The van der Waals surface area contributed by atoms with E-state index in [1.165, 1.54) is 24.4 Å². The highest BCUT2D eigenvalue weighted by atomic mass is 28.5. The Balaban J connectivity index is 1.76. The molecule has 14 heteroatoms. The molecule has 2 saturated heterocycles. The number of nitro groups is 1. The zero-order valence-corrected chi connectivity index (χ0v) is 28.8. The Hall–Kier alpha value is -2.91. The highest BCUT2D eigenvalue weighted by Gasteiger charge is 2.61. The Morgan fingerprint density at radius 2 is 1.68 bits per heavy atom. The number of benzene rings is 1. The number of ether oxygens (including phenoxy) is 2. The lowest BCUT2D eigenvalue weighted by atomic mass is 10.1. The minimum atomic E-state index is -3.05. The topological polar surface area (TPSA) is 144 Å². The van der Waals surface area contributed by atoms with E-state index in [9.17, 15) is 20.0 Å². The van der Waals surface area contributed by atoms with Crippen molar-refractivity contribution in [3.63, 3.8) is 0 Å². The van der Waals surface area contributed by atoms with E-state index in [1.807, 2.05) is 0 Å². The zero-order chi connectivity index (χ0) is 32.6. The number of aliphatic hydroxyl groups excluding tert-OH is 1. The lowest BCUT2D eigenvalue weighted by Crippen LogP contribution is -2.65. The first kappa shape index (κ1) is 34.0. The van der Waals surface area contributed by atoms with Crippen LogP contribution in [-0.2, 0) is 17.7 Å². The van der Waals surface area contributed by atoms with E-state index in [-0.39, 0.29) is 51.7 Å². The Morgan fingerprint density at radius 1 is 1.07 bits per heavy atom. The van der Waals surface area contributed by atoms with Gasteiger partial charge in [-0.25, -0.2) is 4.79 Å². The average molecular weight is 646 g/mol. The molecule has 1 aromatic carbocycles. The van der Waals surface area contributed by atoms with Crippen LogP contribution in [-0.4, -0.2) is 61.6 Å². The molecule has 0 amide bonds. The fourth-order valence-electron chi connectivity index (χ4n) is 6.10. The second-order valence-electron chi connectivity index (χ2n) is 12.5. The maximum absolute atomic E-state index is 13.4. The molecule has 0 aliphatic carbocycles. The molecule has 1 aromatic heterocycles. The second-order valence-corrected chi connectivity index (χ2v) is 21.3. The van der Waals surface area contributed by atoms with Crippen molar-refractivity contribution in [2.24, 2.45) is 0 Å². The van der Waals surface area contributed by atoms with Crippen LogP contribution >= 0.6 is 0 Å². The lowest BCUT2D eigenvalue weighted by molar-refractivity contribution is -0.385. The van der Waals surface area contributed by atoms with Crippen LogP contribution in [0.5, 0.6) is 11.6 Å². The molecule has 4 rings (SSSR count). The number of hydrogen-bond acceptors (Lipinski definition) is 10. The number of aromatic nitrogens is 2. The van der Waals surface area contributed by atoms with Crippen LogP contribution in [0.1, 0.15) is 74.1 Å². The fraction of sp³-hybridized carbons (Fsp3) is 0.600. The van der Waals surface area contributed by atoms with Crippen LogP contribution in [0.4, 0.5) is 5.69 Å². The SMILES string of the molecule is CC#Cc1cn(C2OC3CO[Si](C(C)C)(C(C)C)O[Si](C(C)C)(C(C)C)OC3C2O)c(=O)nc1Oc1ccccc1[N+](=O)[O-]. The molecular weight excluding hydrogens is 603 g/mol. The van der Waals surface area contributed by atoms with Gasteiger partial charge in [-0.1, -0.05) is 73.4 Å². The van der Waals surface area contributed by atoms with Crippen LogP contribution < -0.4 is 10.4 Å². The van der Waals surface area contributed by atoms with Gasteiger partial charge < -0.3 is 27.5 Å². The van der Waals surface area contributed by atoms with E-state index in [0.717, 1.165) is 4.57 Å². The van der Waals surface area contributed by atoms with E-state index in [0.29, 0.717) is 0 Å². The summed E-state index contributed by atoms with van der Waals surface area (Å²) in [6.07, 6.45) is -2.53. The molecule has 2 aliphatic heterocycles. The minimum absolute atomic E-state index is 0.0368. The third-order valence-electron chi connectivity index (χ3n) is 8.36. The summed E-state index contributed by atoms with van der Waals surface area (Å²) in [6.45, 7) is 18.5. The molecule has 1 N–H and O–H groups in total. The lowest BCUT2D eigenvalue weighted by Gasteiger charge is -2.51. The molecule has 4 atom stereocenters. The Morgan fingerprint density at radius 3 is 2.25 bits per heavy atom. The van der Waals surface area contributed by atoms with Gasteiger partial charge in [0.2, 0.25) is 11.6 Å². The van der Waals surface area contributed by atoms with E-state index < -0.39 is 52.3 Å². The van der Waals surface area contributed by atoms with Crippen molar-refractivity contribution in [2.45, 2.75) is 109 Å². The third-order valence-corrected chi connectivity index (χ3v) is 18.6. The predicted molar refractivity (Wildman–Crippen MR) is 168 cm³/mol. The first-order chi connectivity index (χ1) is 20.7. The first-order valence-electron chi connectivity index (χ1n) is 15.0. The summed E-state index contributed by atoms with van der Waals surface area (Å²) >= 11 is 0. The Labute approximate surface area is 260 Å². The van der Waals surface area contributed by atoms with Crippen LogP contribution in [0.2, 0.25) is 22.2 Å². The van der Waals surface area contributed by atoms with Crippen LogP contribution in [0.15, 0.2) is 35.3 Å². The molecule has 2 fully saturated rings. The number of nitro benzene ring substituents is 1. The summed E-state index contributed by atoms with van der Waals surface area (Å²) in [5.41, 5.74) is -0.563. The zero-order valence-electron chi connectivity index (χ0n) is 26.8. The molecule has 44 heavy (non-hydrogen) atoms. The van der Waals surface area contributed by atoms with Crippen molar-refractivity contribution in [3.05, 3.63) is 56.6 Å². The molecule has 240 valence electrons. The molecule has 0 saturated carbocycles. The summed E-state index contributed by atoms with van der Waals surface area (Å²) in [7, 11) is -5.89. The molecule has 2 aliphatic rings. The molecule has 4 unspecified atom stereocenters. The molecule has 0 bridgehead atoms. The molecule has 3 heterocycles. The van der Waals surface area contributed by atoms with Crippen LogP contribution in [0.3, 0.4) is 0 Å². The van der Waals surface area contributed by atoms with Gasteiger partial charge in [-0.05, 0) is 35.2 Å². The highest BCUT2D eigenvalue weighted by Crippen LogP contribution is 2.48. The van der Waals surface area contributed by atoms with Crippen LogP contribution in [0, 0.1) is 22.0 Å². The van der Waals surface area contributed by atoms with Crippen molar-refractivity contribution in [1.82, 2.24) is 9.55 Å². The van der Waals surface area contributed by atoms with Gasteiger partial charge in [0.1, 0.15) is 23.9 Å². The predicted octanol–water partition coefficient (Wildman–Crippen LogP) is 5.53. The molecular formula is C30H43N3O9Si2. The summed E-state index contributed by atoms with van der Waals surface area (Å²) < 4.78 is 34.1. The number of fused-ring (bicyclic) bond motifs is 1. The normalized spacial score (nSPS) is 24.5. The maximum atomic E-state index is 13.4. The van der Waals surface area contributed by atoms with Gasteiger partial charge in [0.05, 0.1) is 11.5 Å². The van der Waals surface area contributed by atoms with E-state index in [2.05, 4.69) is 72.2 Å². The smallest absolute Gasteiger partial charge is 0.353 e. The number of nitrogens with zero attached hydrogens (tertiary/aromatic N) is 3.